The Morgan fingerprint density at radius 3 is 1.42 bits per heavy atom. The summed E-state index contributed by atoms with van der Waals surface area (Å²) in [5, 5.41) is 7.30. The van der Waals surface area contributed by atoms with Crippen molar-refractivity contribution in [2.75, 3.05) is 0 Å². The molecule has 0 spiro atoms. The van der Waals surface area contributed by atoms with Gasteiger partial charge in [-0.25, -0.2) is 0 Å². The molecular weight excluding hydrogens is 603 g/mol. The molecule has 7 aromatic carbocycles. The first kappa shape index (κ1) is 29.2. The third kappa shape index (κ3) is 3.99. The smallest absolute Gasteiger partial charge is 0.141 e. The monoisotopic (exact) mass is 634 g/mol. The molecule has 3 aromatic heterocycles. The van der Waals surface area contributed by atoms with E-state index in [-0.39, 0.29) is 0 Å². The van der Waals surface area contributed by atoms with Gasteiger partial charge in [0.25, 0.3) is 0 Å². The van der Waals surface area contributed by atoms with Gasteiger partial charge in [-0.05, 0) is 71.8 Å². The van der Waals surface area contributed by atoms with Gasteiger partial charge in [0.05, 0.1) is 22.1 Å². The molecule has 10 rings (SSSR count). The van der Waals surface area contributed by atoms with Crippen LogP contribution in [-0.4, -0.2) is 48.4 Å². The topological polar surface area (TPSA) is 23.0 Å². The van der Waals surface area contributed by atoms with Gasteiger partial charge in [0, 0.05) is 43.7 Å². The summed E-state index contributed by atoms with van der Waals surface area (Å²) in [6.45, 7) is 0. The molecule has 230 valence electrons. The fourth-order valence-electron chi connectivity index (χ4n) is 8.49. The second kappa shape index (κ2) is 10.6. The highest BCUT2D eigenvalue weighted by atomic mass is 16.3. The molecule has 0 saturated heterocycles. The molecule has 0 aliphatic carbocycles. The van der Waals surface area contributed by atoms with Crippen molar-refractivity contribution in [1.82, 2.24) is 9.13 Å². The number of furan rings is 1. The van der Waals surface area contributed by atoms with Gasteiger partial charge in [-0.1, -0.05) is 88.6 Å². The second-order valence-electron chi connectivity index (χ2n) is 13.9. The van der Waals surface area contributed by atoms with E-state index >= 15 is 0 Å². The van der Waals surface area contributed by atoms with E-state index in [0.29, 0.717) is 0 Å². The van der Waals surface area contributed by atoms with Gasteiger partial charge in [0.1, 0.15) is 50.4 Å². The third-order valence-corrected chi connectivity index (χ3v) is 11.5. The molecule has 0 radical (unpaired) electrons. The summed E-state index contributed by atoms with van der Waals surface area (Å²) in [4.78, 5) is 0. The molecule has 0 aliphatic heterocycles. The predicted octanol–water partition coefficient (Wildman–Crippen LogP) is 2.74. The first-order valence-electron chi connectivity index (χ1n) is 17.4. The van der Waals surface area contributed by atoms with E-state index in [1.54, 1.807) is 0 Å². The van der Waals surface area contributed by atoms with Gasteiger partial charge in [-0.2, -0.15) is 0 Å². The summed E-state index contributed by atoms with van der Waals surface area (Å²) in [6, 6.07) is 46.3. The zero-order chi connectivity index (χ0) is 33.8. The van der Waals surface area contributed by atoms with E-state index < -0.39 is 0 Å². The van der Waals surface area contributed by atoms with Crippen molar-refractivity contribution in [3.8, 4) is 22.5 Å². The van der Waals surface area contributed by atoms with Crippen molar-refractivity contribution in [3.63, 3.8) is 0 Å². The summed E-state index contributed by atoms with van der Waals surface area (Å²) in [5.74, 6) is 0. The van der Waals surface area contributed by atoms with Crippen LogP contribution in [0, 0.1) is 0 Å². The molecule has 0 saturated carbocycles. The molecule has 50 heavy (non-hydrogen) atoms. The van der Waals surface area contributed by atoms with Crippen molar-refractivity contribution in [2.45, 2.75) is 0 Å². The molecule has 0 unspecified atom stereocenters. The molecule has 0 atom stereocenters. The highest BCUT2D eigenvalue weighted by molar-refractivity contribution is 6.68. The van der Waals surface area contributed by atoms with Crippen molar-refractivity contribution in [1.29, 1.82) is 0 Å². The van der Waals surface area contributed by atoms with Crippen LogP contribution in [0.3, 0.4) is 0 Å². The predicted molar refractivity (Wildman–Crippen MR) is 229 cm³/mol. The minimum atomic E-state index is 0.898. The normalized spacial score (nSPS) is 12.0. The van der Waals surface area contributed by atoms with Crippen molar-refractivity contribution >= 4 is 132 Å². The van der Waals surface area contributed by atoms with Gasteiger partial charge in [-0.15, -0.1) is 5.46 Å². The Labute approximate surface area is 294 Å². The third-order valence-electron chi connectivity index (χ3n) is 11.5. The summed E-state index contributed by atoms with van der Waals surface area (Å²) >= 11 is 0. The molecule has 0 bridgehead atoms. The summed E-state index contributed by atoms with van der Waals surface area (Å²) < 4.78 is 11.3. The second-order valence-corrected chi connectivity index (χ2v) is 13.9. The number of para-hydroxylation sites is 3. The van der Waals surface area contributed by atoms with Crippen LogP contribution in [0.25, 0.3) is 88.1 Å². The van der Waals surface area contributed by atoms with E-state index in [1.807, 2.05) is 0 Å². The van der Waals surface area contributed by atoms with Crippen LogP contribution in [0.2, 0.25) is 0 Å². The first-order chi connectivity index (χ1) is 24.4. The van der Waals surface area contributed by atoms with Crippen LogP contribution in [0.1, 0.15) is 0 Å². The quantitative estimate of drug-likeness (QED) is 0.275. The molecule has 3 nitrogen and oxygen atoms in total. The van der Waals surface area contributed by atoms with Gasteiger partial charge in [0.15, 0.2) is 0 Å². The fourth-order valence-corrected chi connectivity index (χ4v) is 8.49. The maximum Gasteiger partial charge on any atom is 0.141 e. The summed E-state index contributed by atoms with van der Waals surface area (Å²) in [7, 11) is 11.3. The number of hydrogen-bond acceptors (Lipinski definition) is 1. The molecular formula is C42H31B5N2O. The largest absolute Gasteiger partial charge is 0.456 e. The van der Waals surface area contributed by atoms with Gasteiger partial charge in [-0.3, -0.25) is 0 Å². The Morgan fingerprint density at radius 1 is 0.360 bits per heavy atom. The number of nitrogens with zero attached hydrogens (tertiary/aromatic N) is 2. The lowest BCUT2D eigenvalue weighted by atomic mass is 9.61. The van der Waals surface area contributed by atoms with Crippen molar-refractivity contribution in [2.24, 2.45) is 0 Å². The van der Waals surface area contributed by atoms with Crippen LogP contribution in [-0.2, 0) is 0 Å². The lowest BCUT2D eigenvalue weighted by molar-refractivity contribution is 0.669. The minimum Gasteiger partial charge on any atom is -0.456 e. The van der Waals surface area contributed by atoms with Crippen LogP contribution >= 0.6 is 0 Å². The van der Waals surface area contributed by atoms with Crippen LogP contribution < -0.4 is 27.3 Å². The van der Waals surface area contributed by atoms with Gasteiger partial charge >= 0.3 is 0 Å². The minimum absolute atomic E-state index is 0.898. The van der Waals surface area contributed by atoms with Gasteiger partial charge in [0.2, 0.25) is 0 Å². The Balaban J connectivity index is 1.16. The zero-order valence-corrected chi connectivity index (χ0v) is 28.9. The maximum atomic E-state index is 6.41. The Kier molecular flexibility index (Phi) is 6.21. The molecule has 10 aromatic rings. The van der Waals surface area contributed by atoms with E-state index in [4.69, 9.17) is 4.42 Å². The number of aromatic nitrogens is 2. The molecule has 0 fully saturated rings. The lowest BCUT2D eigenvalue weighted by Crippen LogP contribution is -2.56. The van der Waals surface area contributed by atoms with Gasteiger partial charge < -0.3 is 13.6 Å². The number of hydrogen-bond donors (Lipinski definition) is 0. The molecule has 0 aliphatic rings. The number of rotatable bonds is 3. The van der Waals surface area contributed by atoms with Crippen LogP contribution in [0.15, 0.2) is 132 Å². The van der Waals surface area contributed by atoms with Crippen LogP contribution in [0.5, 0.6) is 0 Å². The SMILES string of the molecule is Bc1c(B)c(B)c(-n2c3ccccc3c3cc(-c4ccc5oc6ccc(-n7c8ccccc8c8ccccc87)cc6c5c4)ccc32)c(B)c1B. The lowest BCUT2D eigenvalue weighted by Gasteiger charge is -2.22. The number of benzene rings is 7. The van der Waals surface area contributed by atoms with Crippen LogP contribution in [0.4, 0.5) is 0 Å². The Bertz CT molecular complexity index is 2980. The van der Waals surface area contributed by atoms with Crippen molar-refractivity contribution in [3.05, 3.63) is 127 Å². The number of fused-ring (bicyclic) bond motifs is 9. The van der Waals surface area contributed by atoms with Crippen molar-refractivity contribution < 1.29 is 4.42 Å². The highest BCUT2D eigenvalue weighted by Gasteiger charge is 2.20. The average molecular weight is 634 g/mol. The molecule has 0 amide bonds. The molecule has 0 N–H and O–H groups in total. The van der Waals surface area contributed by atoms with E-state index in [2.05, 4.69) is 176 Å². The Morgan fingerprint density at radius 2 is 0.800 bits per heavy atom. The highest BCUT2D eigenvalue weighted by Crippen LogP contribution is 2.38. The first-order valence-corrected chi connectivity index (χ1v) is 17.4. The summed E-state index contributed by atoms with van der Waals surface area (Å²) in [6.07, 6.45) is 0. The molecule has 8 heteroatoms. The zero-order valence-electron chi connectivity index (χ0n) is 28.9. The standard InChI is InChI=1S/C42H31B5N2O/c43-37-38(44)40(46)42(41(47)39(37)45)49-33-12-6-3-9-27(33)28-19-22(13-16-34(28)49)23-14-17-35-29(20-23)30-21-24(15-18-36(30)50-35)48-31-10-4-1-7-25(31)26-8-2-5-11-32(26)48/h1-21H,43-47H2. The van der Waals surface area contributed by atoms with E-state index in [0.717, 1.165) is 27.6 Å². The fraction of sp³-hybridized carbons (Fsp3) is 0. The average Bonchev–Trinajstić information content (AvgIpc) is 3.80. The maximum absolute atomic E-state index is 6.41. The summed E-state index contributed by atoms with van der Waals surface area (Å²) in [5.41, 5.74) is 18.3. The van der Waals surface area contributed by atoms with E-state index in [9.17, 15) is 0 Å². The molecule has 3 heterocycles. The Hall–Kier alpha value is -5.74. The van der Waals surface area contributed by atoms with E-state index in [1.165, 1.54) is 87.7 Å².